The number of likely N-dealkylation sites (N-methyl/N-ethyl adjacent to an activating group) is 1. The van der Waals surface area contributed by atoms with E-state index in [9.17, 15) is 18.0 Å². The van der Waals surface area contributed by atoms with Gasteiger partial charge in [0.2, 0.25) is 5.91 Å². The number of thiophene rings is 1. The van der Waals surface area contributed by atoms with Gasteiger partial charge in [0.15, 0.2) is 0 Å². The maximum absolute atomic E-state index is 12.4. The zero-order valence-corrected chi connectivity index (χ0v) is 17.1. The fourth-order valence-electron chi connectivity index (χ4n) is 2.40. The lowest BCUT2D eigenvalue weighted by Crippen LogP contribution is -2.53. The highest BCUT2D eigenvalue weighted by molar-refractivity contribution is 7.91. The SMILES string of the molecule is CN(CC(=O)N1CCN(C(=O)OC(C)(C)C)CC1)S(=O)(=O)c1cccs1. The number of carbonyl (C=O) groups is 2. The molecular weight excluding hydrogens is 378 g/mol. The Hall–Kier alpha value is -1.65. The molecule has 1 aliphatic heterocycles. The Bertz CT molecular complexity index is 732. The summed E-state index contributed by atoms with van der Waals surface area (Å²) in [5.74, 6) is -0.281. The minimum absolute atomic E-state index is 0.211. The van der Waals surface area contributed by atoms with Crippen LogP contribution in [0.15, 0.2) is 21.7 Å². The van der Waals surface area contributed by atoms with E-state index < -0.39 is 21.7 Å². The van der Waals surface area contributed by atoms with E-state index in [1.807, 2.05) is 0 Å². The van der Waals surface area contributed by atoms with Crippen LogP contribution in [0.4, 0.5) is 4.79 Å². The highest BCUT2D eigenvalue weighted by atomic mass is 32.2. The molecule has 1 aliphatic rings. The molecule has 0 aromatic carbocycles. The normalized spacial score (nSPS) is 16.0. The van der Waals surface area contributed by atoms with E-state index in [0.717, 1.165) is 15.6 Å². The molecule has 1 aromatic heterocycles. The lowest BCUT2D eigenvalue weighted by molar-refractivity contribution is -0.132. The highest BCUT2D eigenvalue weighted by Gasteiger charge is 2.30. The van der Waals surface area contributed by atoms with Gasteiger partial charge in [0.1, 0.15) is 9.81 Å². The molecular formula is C16H25N3O5S2. The second-order valence-electron chi connectivity index (χ2n) is 7.04. The summed E-state index contributed by atoms with van der Waals surface area (Å²) in [6, 6.07) is 3.17. The Morgan fingerprint density at radius 2 is 1.77 bits per heavy atom. The van der Waals surface area contributed by atoms with Crippen molar-refractivity contribution in [1.29, 1.82) is 0 Å². The molecule has 146 valence electrons. The molecule has 1 aromatic rings. The topological polar surface area (TPSA) is 87.2 Å². The molecule has 10 heteroatoms. The van der Waals surface area contributed by atoms with Crippen LogP contribution >= 0.6 is 11.3 Å². The number of ether oxygens (including phenoxy) is 1. The number of piperazine rings is 1. The van der Waals surface area contributed by atoms with Crippen LogP contribution in [0.1, 0.15) is 20.8 Å². The van der Waals surface area contributed by atoms with E-state index in [2.05, 4.69) is 0 Å². The summed E-state index contributed by atoms with van der Waals surface area (Å²) in [4.78, 5) is 27.6. The molecule has 0 spiro atoms. The summed E-state index contributed by atoms with van der Waals surface area (Å²) in [6.45, 7) is 6.60. The van der Waals surface area contributed by atoms with Crippen LogP contribution in [0.3, 0.4) is 0 Å². The van der Waals surface area contributed by atoms with E-state index in [1.165, 1.54) is 13.1 Å². The Morgan fingerprint density at radius 1 is 1.19 bits per heavy atom. The first-order valence-electron chi connectivity index (χ1n) is 8.26. The van der Waals surface area contributed by atoms with Crippen LogP contribution in [0, 0.1) is 0 Å². The van der Waals surface area contributed by atoms with Gasteiger partial charge in [-0.3, -0.25) is 4.79 Å². The lowest BCUT2D eigenvalue weighted by Gasteiger charge is -2.36. The first-order valence-corrected chi connectivity index (χ1v) is 10.6. The zero-order chi connectivity index (χ0) is 19.5. The maximum Gasteiger partial charge on any atom is 0.410 e. The molecule has 0 unspecified atom stereocenters. The first kappa shape index (κ1) is 20.7. The van der Waals surface area contributed by atoms with Crippen molar-refractivity contribution in [2.45, 2.75) is 30.6 Å². The van der Waals surface area contributed by atoms with Crippen LogP contribution in [0.2, 0.25) is 0 Å². The average Bonchev–Trinajstić information content (AvgIpc) is 3.08. The Balaban J connectivity index is 1.88. The fraction of sp³-hybridized carbons (Fsp3) is 0.625. The van der Waals surface area contributed by atoms with Crippen molar-refractivity contribution in [3.63, 3.8) is 0 Å². The van der Waals surface area contributed by atoms with Gasteiger partial charge in [0, 0.05) is 33.2 Å². The molecule has 0 atom stereocenters. The van der Waals surface area contributed by atoms with Gasteiger partial charge in [-0.15, -0.1) is 11.3 Å². The Kier molecular flexibility index (Phi) is 6.30. The van der Waals surface area contributed by atoms with Gasteiger partial charge in [-0.2, -0.15) is 4.31 Å². The van der Waals surface area contributed by atoms with Crippen LogP contribution in [0.25, 0.3) is 0 Å². The standard InChI is InChI=1S/C16H25N3O5S2/c1-16(2,3)24-15(21)19-9-7-18(8-10-19)13(20)12-17(4)26(22,23)14-6-5-11-25-14/h5-6,11H,7-10,12H2,1-4H3. The largest absolute Gasteiger partial charge is 0.444 e. The van der Waals surface area contributed by atoms with Crippen LogP contribution < -0.4 is 0 Å². The first-order chi connectivity index (χ1) is 12.0. The Morgan fingerprint density at radius 3 is 2.27 bits per heavy atom. The van der Waals surface area contributed by atoms with Crippen molar-refractivity contribution in [2.24, 2.45) is 0 Å². The quantitative estimate of drug-likeness (QED) is 0.759. The molecule has 0 radical (unpaired) electrons. The molecule has 0 bridgehead atoms. The second kappa shape index (κ2) is 7.93. The third-order valence-corrected chi connectivity index (χ3v) is 6.98. The molecule has 2 heterocycles. The van der Waals surface area contributed by atoms with E-state index in [0.29, 0.717) is 26.2 Å². The number of amides is 2. The molecule has 8 nitrogen and oxygen atoms in total. The van der Waals surface area contributed by atoms with Gasteiger partial charge in [-0.25, -0.2) is 13.2 Å². The van der Waals surface area contributed by atoms with Crippen molar-refractivity contribution in [3.05, 3.63) is 17.5 Å². The zero-order valence-electron chi connectivity index (χ0n) is 15.5. The fourth-order valence-corrected chi connectivity index (χ4v) is 4.73. The van der Waals surface area contributed by atoms with Gasteiger partial charge in [0.25, 0.3) is 10.0 Å². The van der Waals surface area contributed by atoms with Crippen molar-refractivity contribution in [1.82, 2.24) is 14.1 Å². The summed E-state index contributed by atoms with van der Waals surface area (Å²) >= 11 is 1.12. The smallest absolute Gasteiger partial charge is 0.410 e. The van der Waals surface area contributed by atoms with E-state index in [-0.39, 0.29) is 16.7 Å². The van der Waals surface area contributed by atoms with Crippen molar-refractivity contribution >= 4 is 33.4 Å². The number of sulfonamides is 1. The summed E-state index contributed by atoms with van der Waals surface area (Å²) < 4.78 is 31.4. The number of hydrogen-bond donors (Lipinski definition) is 0. The molecule has 2 rings (SSSR count). The highest BCUT2D eigenvalue weighted by Crippen LogP contribution is 2.20. The van der Waals surface area contributed by atoms with Crippen LogP contribution in [-0.4, -0.2) is 79.9 Å². The second-order valence-corrected chi connectivity index (χ2v) is 10.3. The maximum atomic E-state index is 12.4. The Labute approximate surface area is 158 Å². The third kappa shape index (κ3) is 5.18. The predicted molar refractivity (Wildman–Crippen MR) is 98.5 cm³/mol. The molecule has 2 amide bonds. The van der Waals surface area contributed by atoms with Gasteiger partial charge in [-0.1, -0.05) is 6.07 Å². The molecule has 0 saturated carbocycles. The molecule has 26 heavy (non-hydrogen) atoms. The van der Waals surface area contributed by atoms with Crippen LogP contribution in [0.5, 0.6) is 0 Å². The van der Waals surface area contributed by atoms with Crippen molar-refractivity contribution in [2.75, 3.05) is 39.8 Å². The number of carbonyl (C=O) groups excluding carboxylic acids is 2. The summed E-state index contributed by atoms with van der Waals surface area (Å²) in [7, 11) is -2.26. The van der Waals surface area contributed by atoms with E-state index in [4.69, 9.17) is 4.74 Å². The van der Waals surface area contributed by atoms with Gasteiger partial charge in [-0.05, 0) is 32.2 Å². The summed E-state index contributed by atoms with van der Waals surface area (Å²) in [5, 5.41) is 1.68. The van der Waals surface area contributed by atoms with E-state index in [1.54, 1.807) is 42.0 Å². The average molecular weight is 404 g/mol. The van der Waals surface area contributed by atoms with Gasteiger partial charge in [0.05, 0.1) is 6.54 Å². The van der Waals surface area contributed by atoms with E-state index >= 15 is 0 Å². The predicted octanol–water partition coefficient (Wildman–Crippen LogP) is 1.45. The third-order valence-electron chi connectivity index (χ3n) is 3.80. The minimum Gasteiger partial charge on any atom is -0.444 e. The lowest BCUT2D eigenvalue weighted by atomic mass is 10.2. The monoisotopic (exact) mass is 403 g/mol. The number of nitrogens with zero attached hydrogens (tertiary/aromatic N) is 3. The minimum atomic E-state index is -3.65. The molecule has 1 fully saturated rings. The van der Waals surface area contributed by atoms with Crippen molar-refractivity contribution in [3.8, 4) is 0 Å². The molecule has 1 saturated heterocycles. The molecule has 0 aliphatic carbocycles. The summed E-state index contributed by atoms with van der Waals surface area (Å²) in [5.41, 5.74) is -0.567. The molecule has 0 N–H and O–H groups in total. The summed E-state index contributed by atoms with van der Waals surface area (Å²) in [6.07, 6.45) is -0.401. The van der Waals surface area contributed by atoms with Gasteiger partial charge < -0.3 is 14.5 Å². The van der Waals surface area contributed by atoms with Crippen LogP contribution in [-0.2, 0) is 19.6 Å². The van der Waals surface area contributed by atoms with Gasteiger partial charge >= 0.3 is 6.09 Å². The number of hydrogen-bond acceptors (Lipinski definition) is 6. The van der Waals surface area contributed by atoms with Crippen molar-refractivity contribution < 1.29 is 22.7 Å². The number of rotatable bonds is 4.